The Morgan fingerprint density at radius 2 is 2.00 bits per heavy atom. The molecule has 1 aromatic carbocycles. The zero-order chi connectivity index (χ0) is 16.5. The molecule has 0 spiro atoms. The zero-order valence-electron chi connectivity index (χ0n) is 12.9. The highest BCUT2D eigenvalue weighted by atomic mass is 32.2. The first-order chi connectivity index (χ1) is 10.4. The van der Waals surface area contributed by atoms with Crippen LogP contribution in [0.2, 0.25) is 0 Å². The van der Waals surface area contributed by atoms with Gasteiger partial charge in [-0.2, -0.15) is 0 Å². The third-order valence-electron chi connectivity index (χ3n) is 3.62. The van der Waals surface area contributed by atoms with Gasteiger partial charge in [-0.1, -0.05) is 61.9 Å². The van der Waals surface area contributed by atoms with Crippen LogP contribution in [0.15, 0.2) is 66.6 Å². The van der Waals surface area contributed by atoms with Gasteiger partial charge < -0.3 is 0 Å². The summed E-state index contributed by atoms with van der Waals surface area (Å²) in [5, 5.41) is 0. The number of allylic oxidation sites excluding steroid dienone is 6. The van der Waals surface area contributed by atoms with E-state index in [1.807, 2.05) is 32.1 Å². The van der Waals surface area contributed by atoms with Crippen LogP contribution in [0.4, 0.5) is 4.39 Å². The fourth-order valence-corrected chi connectivity index (χ4v) is 3.41. The number of alkyl halides is 1. The van der Waals surface area contributed by atoms with Crippen LogP contribution in [0, 0.1) is 0 Å². The van der Waals surface area contributed by atoms with Gasteiger partial charge in [-0.05, 0) is 52.7 Å². The first-order valence-corrected chi connectivity index (χ1v) is 7.80. The van der Waals surface area contributed by atoms with Crippen LogP contribution in [0.5, 0.6) is 0 Å². The summed E-state index contributed by atoms with van der Waals surface area (Å²) >= 11 is 1.56. The number of hydrogen-bond donors (Lipinski definition) is 0. The van der Waals surface area contributed by atoms with Gasteiger partial charge in [0, 0.05) is 4.91 Å². The molecule has 0 saturated heterocycles. The normalized spacial score (nSPS) is 20.8. The second kappa shape index (κ2) is 6.17. The van der Waals surface area contributed by atoms with Crippen molar-refractivity contribution >= 4 is 30.1 Å². The van der Waals surface area contributed by atoms with E-state index in [2.05, 4.69) is 19.7 Å². The molecule has 110 valence electrons. The highest BCUT2D eigenvalue weighted by molar-refractivity contribution is 8.11. The van der Waals surface area contributed by atoms with Crippen LogP contribution >= 0.6 is 11.8 Å². The topological polar surface area (TPSA) is 0 Å². The maximum Gasteiger partial charge on any atom is 0.134 e. The fraction of sp³-hybridized carbons (Fsp3) is 0.158. The van der Waals surface area contributed by atoms with Gasteiger partial charge in [0.15, 0.2) is 0 Å². The Hall–Kier alpha value is -1.74. The maximum atomic E-state index is 15.1. The van der Waals surface area contributed by atoms with Gasteiger partial charge in [0.1, 0.15) is 13.4 Å². The largest absolute Gasteiger partial charge is 0.245 e. The van der Waals surface area contributed by atoms with Crippen molar-refractivity contribution in [2.75, 3.05) is 0 Å². The smallest absolute Gasteiger partial charge is 0.134 e. The van der Waals surface area contributed by atoms with Crippen molar-refractivity contribution in [3.8, 4) is 0 Å². The van der Waals surface area contributed by atoms with Gasteiger partial charge in [-0.15, -0.1) is 0 Å². The minimum atomic E-state index is -2.04. The summed E-state index contributed by atoms with van der Waals surface area (Å²) in [6, 6.07) is 5.66. The van der Waals surface area contributed by atoms with E-state index in [9.17, 15) is 0 Å². The quantitative estimate of drug-likeness (QED) is 0.625. The molecule has 0 N–H and O–H groups in total. The maximum absolute atomic E-state index is 15.1. The lowest BCUT2D eigenvalue weighted by Crippen LogP contribution is -2.19. The second-order valence-electron chi connectivity index (χ2n) is 5.16. The Morgan fingerprint density at radius 1 is 1.32 bits per heavy atom. The van der Waals surface area contributed by atoms with E-state index in [0.29, 0.717) is 16.7 Å². The molecule has 1 unspecified atom stereocenters. The molecule has 1 aliphatic carbocycles. The molecule has 0 aromatic heterocycles. The SMILES string of the molecule is [B]C1(F)C(C=C)=C(C=C)c2ccc(/C(=C/C)SC(=C)C)cc21. The molecule has 0 nitrogen and oxygen atoms in total. The minimum Gasteiger partial charge on any atom is -0.245 e. The number of rotatable bonds is 5. The molecule has 0 aliphatic heterocycles. The number of thioether (sulfide) groups is 1. The minimum absolute atomic E-state index is 0.365. The lowest BCUT2D eigenvalue weighted by molar-refractivity contribution is 0.347. The van der Waals surface area contributed by atoms with E-state index < -0.39 is 5.57 Å². The fourth-order valence-electron chi connectivity index (χ4n) is 2.67. The van der Waals surface area contributed by atoms with E-state index in [-0.39, 0.29) is 0 Å². The molecule has 2 rings (SSSR count). The average molecular weight is 308 g/mol. The molecule has 2 radical (unpaired) electrons. The highest BCUT2D eigenvalue weighted by Gasteiger charge is 2.39. The molecule has 0 amide bonds. The molecule has 1 aromatic rings. The summed E-state index contributed by atoms with van der Waals surface area (Å²) in [7, 11) is 5.93. The van der Waals surface area contributed by atoms with E-state index in [1.165, 1.54) is 6.08 Å². The highest BCUT2D eigenvalue weighted by Crippen LogP contribution is 2.48. The zero-order valence-corrected chi connectivity index (χ0v) is 13.8. The Balaban J connectivity index is 2.59. The number of halogens is 1. The van der Waals surface area contributed by atoms with Gasteiger partial charge in [0.25, 0.3) is 0 Å². The van der Waals surface area contributed by atoms with Crippen LogP contribution < -0.4 is 0 Å². The van der Waals surface area contributed by atoms with Crippen molar-refractivity contribution < 1.29 is 4.39 Å². The Labute approximate surface area is 137 Å². The first-order valence-electron chi connectivity index (χ1n) is 6.99. The molecule has 0 heterocycles. The van der Waals surface area contributed by atoms with E-state index in [4.69, 9.17) is 7.85 Å². The second-order valence-corrected chi connectivity index (χ2v) is 6.51. The molecular formula is C19H18BFS. The molecule has 0 saturated carbocycles. The molecule has 0 bridgehead atoms. The van der Waals surface area contributed by atoms with Crippen molar-refractivity contribution in [2.24, 2.45) is 0 Å². The van der Waals surface area contributed by atoms with Gasteiger partial charge in [-0.25, -0.2) is 4.39 Å². The van der Waals surface area contributed by atoms with Crippen LogP contribution in [-0.4, -0.2) is 7.85 Å². The Kier molecular flexibility index (Phi) is 4.67. The van der Waals surface area contributed by atoms with Crippen molar-refractivity contribution in [1.82, 2.24) is 0 Å². The first kappa shape index (κ1) is 16.6. The summed E-state index contributed by atoms with van der Waals surface area (Å²) in [5.74, 6) is 0. The van der Waals surface area contributed by atoms with Crippen LogP contribution in [-0.2, 0) is 5.57 Å². The molecule has 22 heavy (non-hydrogen) atoms. The summed E-state index contributed by atoms with van der Waals surface area (Å²) < 4.78 is 15.1. The third kappa shape index (κ3) is 2.66. The number of benzene rings is 1. The predicted octanol–water partition coefficient (Wildman–Crippen LogP) is 5.74. The Bertz CT molecular complexity index is 723. The van der Waals surface area contributed by atoms with Crippen molar-refractivity contribution in [2.45, 2.75) is 19.4 Å². The number of fused-ring (bicyclic) bond motifs is 1. The lowest BCUT2D eigenvalue weighted by atomic mass is 9.74. The van der Waals surface area contributed by atoms with E-state index in [1.54, 1.807) is 23.9 Å². The third-order valence-corrected chi connectivity index (χ3v) is 4.66. The van der Waals surface area contributed by atoms with Crippen molar-refractivity contribution in [1.29, 1.82) is 0 Å². The standard InChI is InChI=1S/C19H18BFS/c1-6-14-15-10-9-13(18(8-3)22-12(4)5)11-17(15)19(20,21)16(14)7-2/h6-11H,1-2,4H2,3,5H3/b18-8-. The molecule has 3 heteroatoms. The molecule has 1 atom stereocenters. The van der Waals surface area contributed by atoms with Gasteiger partial charge in [0.05, 0.1) is 0 Å². The van der Waals surface area contributed by atoms with Gasteiger partial charge >= 0.3 is 0 Å². The number of hydrogen-bond acceptors (Lipinski definition) is 1. The monoisotopic (exact) mass is 308 g/mol. The van der Waals surface area contributed by atoms with Crippen LogP contribution in [0.1, 0.15) is 30.5 Å². The van der Waals surface area contributed by atoms with Crippen molar-refractivity contribution in [3.63, 3.8) is 0 Å². The summed E-state index contributed by atoms with van der Waals surface area (Å²) in [6.45, 7) is 15.2. The van der Waals surface area contributed by atoms with E-state index in [0.717, 1.165) is 20.9 Å². The molecule has 0 fully saturated rings. The molecular weight excluding hydrogens is 290 g/mol. The predicted molar refractivity (Wildman–Crippen MR) is 98.4 cm³/mol. The van der Waals surface area contributed by atoms with Crippen LogP contribution in [0.25, 0.3) is 10.5 Å². The summed E-state index contributed by atoms with van der Waals surface area (Å²) in [5.41, 5.74) is 1.19. The van der Waals surface area contributed by atoms with Crippen molar-refractivity contribution in [3.05, 3.63) is 83.3 Å². The van der Waals surface area contributed by atoms with E-state index >= 15 is 4.39 Å². The van der Waals surface area contributed by atoms with Crippen LogP contribution in [0.3, 0.4) is 0 Å². The lowest BCUT2D eigenvalue weighted by Gasteiger charge is -2.19. The molecule has 1 aliphatic rings. The summed E-state index contributed by atoms with van der Waals surface area (Å²) in [6.07, 6.45) is 5.08. The summed E-state index contributed by atoms with van der Waals surface area (Å²) in [4.78, 5) is 2.00. The van der Waals surface area contributed by atoms with Gasteiger partial charge in [-0.3, -0.25) is 0 Å². The average Bonchev–Trinajstić information content (AvgIpc) is 2.70. The van der Waals surface area contributed by atoms with Gasteiger partial charge in [0.2, 0.25) is 0 Å². The Morgan fingerprint density at radius 3 is 2.50 bits per heavy atom.